The van der Waals surface area contributed by atoms with Crippen molar-refractivity contribution in [1.29, 1.82) is 5.26 Å². The van der Waals surface area contributed by atoms with Crippen molar-refractivity contribution in [3.63, 3.8) is 0 Å². The molecule has 0 amide bonds. The van der Waals surface area contributed by atoms with Crippen molar-refractivity contribution in [2.45, 2.75) is 101 Å². The first-order valence-electron chi connectivity index (χ1n) is 17.0. The van der Waals surface area contributed by atoms with E-state index in [0.29, 0.717) is 41.0 Å². The predicted octanol–water partition coefficient (Wildman–Crippen LogP) is 1.64. The maximum Gasteiger partial charge on any atom is 0.240 e. The lowest BCUT2D eigenvalue weighted by Gasteiger charge is -2.29. The van der Waals surface area contributed by atoms with Crippen LogP contribution in [-0.4, -0.2) is 110 Å². The van der Waals surface area contributed by atoms with E-state index in [-0.39, 0.29) is 13.2 Å². The molecule has 0 aliphatic carbocycles. The van der Waals surface area contributed by atoms with Crippen molar-refractivity contribution in [1.82, 2.24) is 29.2 Å². The molecule has 0 spiro atoms. The van der Waals surface area contributed by atoms with Gasteiger partial charge < -0.3 is 54.5 Å². The second-order valence-corrected chi connectivity index (χ2v) is 13.1. The second kappa shape index (κ2) is 13.5. The van der Waals surface area contributed by atoms with E-state index in [1.807, 2.05) is 13.8 Å². The van der Waals surface area contributed by atoms with Crippen molar-refractivity contribution in [3.8, 4) is 6.07 Å². The number of aromatic nitrogens is 6. The van der Waals surface area contributed by atoms with E-state index in [4.69, 9.17) is 50.7 Å². The number of ether oxygens (including phenoxy) is 8. The minimum absolute atomic E-state index is 0.267. The lowest BCUT2D eigenvalue weighted by atomic mass is 9.92. The Hall–Kier alpha value is -4.03. The Morgan fingerprint density at radius 2 is 1.27 bits per heavy atom. The van der Waals surface area contributed by atoms with Gasteiger partial charge in [0.05, 0.1) is 18.9 Å². The number of hydrogen-bond donors (Lipinski definition) is 3. The van der Waals surface area contributed by atoms with Gasteiger partial charge in [0, 0.05) is 15.6 Å². The Morgan fingerprint density at radius 1 is 0.804 bits per heavy atom. The van der Waals surface area contributed by atoms with Gasteiger partial charge in [0.25, 0.3) is 0 Å². The number of aliphatic hydroxyl groups is 1. The molecule has 4 aromatic heterocycles. The Balaban J connectivity index is 0.000000166. The zero-order valence-corrected chi connectivity index (χ0v) is 29.5. The lowest BCUT2D eigenvalue weighted by Crippen LogP contribution is -2.41. The van der Waals surface area contributed by atoms with Gasteiger partial charge in [0.15, 0.2) is 23.2 Å². The van der Waals surface area contributed by atoms with Crippen molar-refractivity contribution < 1.29 is 44.4 Å². The molecule has 8 atom stereocenters. The molecule has 4 fully saturated rings. The molecule has 4 aromatic rings. The van der Waals surface area contributed by atoms with Crippen molar-refractivity contribution in [3.05, 3.63) is 48.3 Å². The fourth-order valence-corrected chi connectivity index (χ4v) is 7.08. The molecule has 0 aromatic carbocycles. The summed E-state index contributed by atoms with van der Waals surface area (Å²) in [5.74, 6) is -2.77. The summed E-state index contributed by atoms with van der Waals surface area (Å²) in [5.41, 5.74) is 12.5. The monoisotopic (exact) mass is 712 g/mol. The molecule has 4 saturated heterocycles. The average Bonchev–Trinajstić information content (AvgIpc) is 3.92. The second-order valence-electron chi connectivity index (χ2n) is 13.1. The van der Waals surface area contributed by atoms with E-state index in [2.05, 4.69) is 26.2 Å². The highest BCUT2D eigenvalue weighted by Crippen LogP contribution is 2.50. The third kappa shape index (κ3) is 6.07. The first-order chi connectivity index (χ1) is 24.7. The number of hydrogen-bond acceptors (Lipinski definition) is 16. The molecule has 51 heavy (non-hydrogen) atoms. The summed E-state index contributed by atoms with van der Waals surface area (Å²) in [7, 11) is 3.14. The first kappa shape index (κ1) is 35.4. The smallest absolute Gasteiger partial charge is 0.240 e. The van der Waals surface area contributed by atoms with Crippen LogP contribution in [0.15, 0.2) is 36.9 Å². The molecule has 0 saturated carbocycles. The number of anilines is 2. The number of nitrogens with two attached hydrogens (primary N) is 2. The molecule has 0 bridgehead atoms. The molecule has 18 nitrogen and oxygen atoms in total. The molecular formula is C33H45N9O9. The fraction of sp³-hybridized carbons (Fsp3) is 0.606. The van der Waals surface area contributed by atoms with Gasteiger partial charge in [-0.15, -0.1) is 0 Å². The SMILES string of the molecule is COC[C@H]1OC(C#N)(c2ccc3c(N)ncnn23)[C@@H]2OC(C)(C)O[C@@H]21.COC[C@H]1OC(O)(c2ccc3c(N)ncnn23)[C@@H]2OC(C)(C)O[C@@H]21.[2H]CC. The van der Waals surface area contributed by atoms with Crippen molar-refractivity contribution >= 4 is 22.7 Å². The highest BCUT2D eigenvalue weighted by molar-refractivity contribution is 5.66. The van der Waals surface area contributed by atoms with Crippen LogP contribution in [0, 0.1) is 11.3 Å². The highest BCUT2D eigenvalue weighted by atomic mass is 16.8. The topological polar surface area (TPSA) is 230 Å². The van der Waals surface area contributed by atoms with Crippen LogP contribution in [0.25, 0.3) is 11.0 Å². The van der Waals surface area contributed by atoms with Crippen molar-refractivity contribution in [2.24, 2.45) is 0 Å². The normalized spacial score (nSPS) is 33.1. The molecule has 0 radical (unpaired) electrons. The predicted molar refractivity (Wildman–Crippen MR) is 178 cm³/mol. The summed E-state index contributed by atoms with van der Waals surface area (Å²) < 4.78 is 55.6. The number of methoxy groups -OCH3 is 2. The van der Waals surface area contributed by atoms with Crippen LogP contribution < -0.4 is 11.5 Å². The quantitative estimate of drug-likeness (QED) is 0.258. The van der Waals surface area contributed by atoms with E-state index in [9.17, 15) is 10.4 Å². The third-order valence-electron chi connectivity index (χ3n) is 8.98. The molecule has 2 unspecified atom stereocenters. The fourth-order valence-electron chi connectivity index (χ4n) is 7.08. The van der Waals surface area contributed by atoms with E-state index in [0.717, 1.165) is 0 Å². The zero-order chi connectivity index (χ0) is 37.6. The number of nitriles is 1. The Labute approximate surface area is 295 Å². The van der Waals surface area contributed by atoms with Gasteiger partial charge in [-0.2, -0.15) is 15.5 Å². The lowest BCUT2D eigenvalue weighted by molar-refractivity contribution is -0.286. The van der Waals surface area contributed by atoms with Crippen LogP contribution in [0.1, 0.15) is 54.3 Å². The first-order valence-corrected chi connectivity index (χ1v) is 16.3. The van der Waals surface area contributed by atoms with Gasteiger partial charge >= 0.3 is 0 Å². The maximum atomic E-state index is 11.3. The van der Waals surface area contributed by atoms with Crippen LogP contribution in [0.4, 0.5) is 11.6 Å². The van der Waals surface area contributed by atoms with Crippen LogP contribution in [-0.2, 0) is 49.3 Å². The van der Waals surface area contributed by atoms with Crippen LogP contribution >= 0.6 is 0 Å². The standard InChI is InChI=1S/C16H19N5O4.C15H20N4O5.C2H6/c1-15(2)24-12-10(6-22-3)23-16(7-17,13(12)25-15)11-5-4-9-14(18)19-8-20-21(9)11;1-14(2)23-11-9(6-21-3)22-15(20,12(11)24-14)10-5-4-8-13(16)17-7-18-19(8)10;1-2/h4-5,8,10,12-13H,6H2,1-3H3,(H2,18,19,20);4-5,7,9,11-12,20H,6H2,1-3H3,(H2,16,17,18);1-2H3/t10-,12-,13-,16?;9-,11-,12-,15?;/m11./s1/i;;1D. The number of rotatable bonds is 6. The summed E-state index contributed by atoms with van der Waals surface area (Å²) in [5, 5.41) is 29.8. The maximum absolute atomic E-state index is 11.3. The minimum Gasteiger partial charge on any atom is -0.382 e. The van der Waals surface area contributed by atoms with Gasteiger partial charge in [-0.3, -0.25) is 0 Å². The van der Waals surface area contributed by atoms with Crippen LogP contribution in [0.5, 0.6) is 0 Å². The summed E-state index contributed by atoms with van der Waals surface area (Å²) >= 11 is 0. The average molecular weight is 713 g/mol. The van der Waals surface area contributed by atoms with E-state index in [1.165, 1.54) is 17.2 Å². The molecule has 4 aliphatic rings. The number of fused-ring (bicyclic) bond motifs is 4. The number of nitrogen functional groups attached to an aromatic ring is 2. The summed E-state index contributed by atoms with van der Waals surface area (Å²) in [6.07, 6.45) is -0.494. The van der Waals surface area contributed by atoms with Gasteiger partial charge in [0.2, 0.25) is 11.4 Å². The van der Waals surface area contributed by atoms with Crippen LogP contribution in [0.2, 0.25) is 0 Å². The largest absolute Gasteiger partial charge is 0.382 e. The molecule has 18 heteroatoms. The van der Waals surface area contributed by atoms with Gasteiger partial charge in [-0.1, -0.05) is 13.8 Å². The molecule has 4 aliphatic heterocycles. The Kier molecular flexibility index (Phi) is 9.37. The molecule has 276 valence electrons. The molecule has 8 rings (SSSR count). The molecule has 5 N–H and O–H groups in total. The Morgan fingerprint density at radius 3 is 1.80 bits per heavy atom. The minimum atomic E-state index is -1.74. The molecular weight excluding hydrogens is 666 g/mol. The summed E-state index contributed by atoms with van der Waals surface area (Å²) in [6, 6.07) is 9.22. The zero-order valence-electron chi connectivity index (χ0n) is 30.5. The van der Waals surface area contributed by atoms with E-state index in [1.54, 1.807) is 63.8 Å². The number of nitrogens with zero attached hydrogens (tertiary/aromatic N) is 7. The van der Waals surface area contributed by atoms with E-state index < -0.39 is 59.6 Å². The van der Waals surface area contributed by atoms with Gasteiger partial charge in [-0.05, 0) is 52.0 Å². The summed E-state index contributed by atoms with van der Waals surface area (Å²) in [4.78, 5) is 7.93. The molecule has 8 heterocycles. The van der Waals surface area contributed by atoms with Gasteiger partial charge in [0.1, 0.15) is 72.1 Å². The van der Waals surface area contributed by atoms with Gasteiger partial charge in [-0.25, -0.2) is 19.0 Å². The van der Waals surface area contributed by atoms with E-state index >= 15 is 0 Å². The third-order valence-corrected chi connectivity index (χ3v) is 8.98. The van der Waals surface area contributed by atoms with Crippen molar-refractivity contribution in [2.75, 3.05) is 38.9 Å². The van der Waals surface area contributed by atoms with Crippen LogP contribution in [0.3, 0.4) is 0 Å². The highest BCUT2D eigenvalue weighted by Gasteiger charge is 2.66. The Bertz CT molecular complexity index is 1940. The summed E-state index contributed by atoms with van der Waals surface area (Å²) in [6.45, 7) is 10.1.